The number of carbonyl (C=O) groups is 2. The Kier molecular flexibility index (Phi) is 2.85. The fourth-order valence-electron chi connectivity index (χ4n) is 0.955. The molecule has 0 aromatic carbocycles. The van der Waals surface area contributed by atoms with Crippen molar-refractivity contribution < 1.29 is 19.1 Å². The van der Waals surface area contributed by atoms with Gasteiger partial charge in [-0.3, -0.25) is 4.79 Å². The van der Waals surface area contributed by atoms with E-state index in [0.717, 1.165) is 6.42 Å². The first-order valence-corrected chi connectivity index (χ1v) is 3.69. The van der Waals surface area contributed by atoms with E-state index in [2.05, 4.69) is 4.74 Å². The van der Waals surface area contributed by atoms with Gasteiger partial charge in [-0.25, -0.2) is 4.79 Å². The van der Waals surface area contributed by atoms with Gasteiger partial charge in [0.25, 0.3) is 5.78 Å². The number of rotatable bonds is 2. The molecular formula is C8H10O4. The van der Waals surface area contributed by atoms with Crippen molar-refractivity contribution in [2.24, 2.45) is 0 Å². The van der Waals surface area contributed by atoms with Gasteiger partial charge in [-0.15, -0.1) is 0 Å². The van der Waals surface area contributed by atoms with Crippen LogP contribution in [0.15, 0.2) is 11.8 Å². The zero-order chi connectivity index (χ0) is 8.97. The molecule has 0 aromatic heterocycles. The molecule has 0 unspecified atom stereocenters. The third-order valence-corrected chi connectivity index (χ3v) is 1.60. The number of esters is 1. The van der Waals surface area contributed by atoms with E-state index < -0.39 is 11.8 Å². The van der Waals surface area contributed by atoms with Crippen molar-refractivity contribution in [1.82, 2.24) is 0 Å². The van der Waals surface area contributed by atoms with Crippen LogP contribution in [0.5, 0.6) is 0 Å². The monoisotopic (exact) mass is 170 g/mol. The van der Waals surface area contributed by atoms with Gasteiger partial charge in [0.15, 0.2) is 0 Å². The van der Waals surface area contributed by atoms with Crippen LogP contribution in [0.25, 0.3) is 0 Å². The summed E-state index contributed by atoms with van der Waals surface area (Å²) in [6, 6.07) is 0. The van der Waals surface area contributed by atoms with E-state index in [-0.39, 0.29) is 0 Å². The van der Waals surface area contributed by atoms with Crippen LogP contribution in [0.2, 0.25) is 0 Å². The van der Waals surface area contributed by atoms with Gasteiger partial charge in [-0.05, 0) is 12.8 Å². The molecular weight excluding hydrogens is 160 g/mol. The van der Waals surface area contributed by atoms with Crippen LogP contribution < -0.4 is 0 Å². The summed E-state index contributed by atoms with van der Waals surface area (Å²) in [5.41, 5.74) is 0.396. The first kappa shape index (κ1) is 8.77. The molecule has 0 fully saturated rings. The highest BCUT2D eigenvalue weighted by Gasteiger charge is 2.21. The first-order chi connectivity index (χ1) is 5.75. The van der Waals surface area contributed by atoms with E-state index in [1.54, 1.807) is 0 Å². The fraction of sp³-hybridized carbons (Fsp3) is 0.500. The number of hydrogen-bond acceptors (Lipinski definition) is 4. The summed E-state index contributed by atoms with van der Waals surface area (Å²) in [7, 11) is 1.18. The highest BCUT2D eigenvalue weighted by molar-refractivity contribution is 6.40. The normalized spacial score (nSPS) is 15.9. The van der Waals surface area contributed by atoms with Gasteiger partial charge >= 0.3 is 5.97 Å². The number of ketones is 1. The van der Waals surface area contributed by atoms with Crippen LogP contribution in [-0.2, 0) is 19.1 Å². The molecule has 12 heavy (non-hydrogen) atoms. The summed E-state index contributed by atoms with van der Waals surface area (Å²) in [6.45, 7) is 0.609. The van der Waals surface area contributed by atoms with Gasteiger partial charge in [-0.1, -0.05) is 0 Å². The standard InChI is InChI=1S/C8H10O4/c1-11-8(10)7(9)6-3-2-4-12-5-6/h5H,2-4H2,1H3. The largest absolute Gasteiger partial charge is 0.501 e. The average molecular weight is 170 g/mol. The average Bonchev–Trinajstić information content (AvgIpc) is 2.17. The van der Waals surface area contributed by atoms with E-state index >= 15 is 0 Å². The fourth-order valence-corrected chi connectivity index (χ4v) is 0.955. The molecule has 0 aliphatic carbocycles. The van der Waals surface area contributed by atoms with Crippen LogP contribution in [0.1, 0.15) is 12.8 Å². The topological polar surface area (TPSA) is 52.6 Å². The van der Waals surface area contributed by atoms with E-state index in [4.69, 9.17) is 4.74 Å². The summed E-state index contributed by atoms with van der Waals surface area (Å²) in [4.78, 5) is 21.8. The summed E-state index contributed by atoms with van der Waals surface area (Å²) >= 11 is 0. The van der Waals surface area contributed by atoms with Crippen LogP contribution in [-0.4, -0.2) is 25.5 Å². The second-order valence-corrected chi connectivity index (χ2v) is 2.44. The SMILES string of the molecule is COC(=O)C(=O)C1=COCCC1. The molecule has 0 radical (unpaired) electrons. The Hall–Kier alpha value is -1.32. The maximum Gasteiger partial charge on any atom is 0.379 e. The molecule has 1 aliphatic rings. The molecule has 1 rings (SSSR count). The Balaban J connectivity index is 2.62. The van der Waals surface area contributed by atoms with Crippen molar-refractivity contribution in [2.45, 2.75) is 12.8 Å². The summed E-state index contributed by atoms with van der Waals surface area (Å²) in [5, 5.41) is 0. The van der Waals surface area contributed by atoms with Crippen molar-refractivity contribution in [3.05, 3.63) is 11.8 Å². The predicted octanol–water partition coefficient (Wildman–Crippen LogP) is 0.423. The minimum absolute atomic E-state index is 0.396. The molecule has 1 aliphatic heterocycles. The molecule has 4 nitrogen and oxygen atoms in total. The molecule has 1 heterocycles. The van der Waals surface area contributed by atoms with Crippen LogP contribution in [0, 0.1) is 0 Å². The van der Waals surface area contributed by atoms with Crippen molar-refractivity contribution in [2.75, 3.05) is 13.7 Å². The Morgan fingerprint density at radius 2 is 2.33 bits per heavy atom. The van der Waals surface area contributed by atoms with Gasteiger partial charge in [0.1, 0.15) is 0 Å². The Morgan fingerprint density at radius 3 is 2.83 bits per heavy atom. The summed E-state index contributed by atoms with van der Waals surface area (Å²) < 4.78 is 9.19. The summed E-state index contributed by atoms with van der Waals surface area (Å²) in [6.07, 6.45) is 2.70. The number of Topliss-reactive ketones (excluding diaryl/α,β-unsaturated/α-hetero) is 1. The lowest BCUT2D eigenvalue weighted by Gasteiger charge is -2.10. The second kappa shape index (κ2) is 3.90. The lowest BCUT2D eigenvalue weighted by molar-refractivity contribution is -0.150. The zero-order valence-corrected chi connectivity index (χ0v) is 6.83. The number of hydrogen-bond donors (Lipinski definition) is 0. The van der Waals surface area contributed by atoms with Crippen LogP contribution >= 0.6 is 0 Å². The maximum atomic E-state index is 11.1. The predicted molar refractivity (Wildman–Crippen MR) is 40.3 cm³/mol. The minimum Gasteiger partial charge on any atom is -0.501 e. The van der Waals surface area contributed by atoms with Crippen molar-refractivity contribution >= 4 is 11.8 Å². The highest BCUT2D eigenvalue weighted by atomic mass is 16.5. The van der Waals surface area contributed by atoms with Crippen molar-refractivity contribution in [3.63, 3.8) is 0 Å². The summed E-state index contributed by atoms with van der Waals surface area (Å²) in [5.74, 6) is -1.43. The highest BCUT2D eigenvalue weighted by Crippen LogP contribution is 2.12. The van der Waals surface area contributed by atoms with Crippen LogP contribution in [0.3, 0.4) is 0 Å². The minimum atomic E-state index is -0.827. The van der Waals surface area contributed by atoms with Gasteiger partial charge in [0, 0.05) is 5.57 Å². The zero-order valence-electron chi connectivity index (χ0n) is 6.83. The molecule has 66 valence electrons. The van der Waals surface area contributed by atoms with Gasteiger partial charge in [0.05, 0.1) is 20.0 Å². The van der Waals surface area contributed by atoms with Gasteiger partial charge < -0.3 is 9.47 Å². The molecule has 0 aromatic rings. The first-order valence-electron chi connectivity index (χ1n) is 3.69. The quantitative estimate of drug-likeness (QED) is 0.445. The molecule has 0 amide bonds. The molecule has 0 spiro atoms. The lowest BCUT2D eigenvalue weighted by Crippen LogP contribution is -2.19. The van der Waals surface area contributed by atoms with E-state index in [1.165, 1.54) is 13.4 Å². The van der Waals surface area contributed by atoms with Crippen LogP contribution in [0.4, 0.5) is 0 Å². The molecule has 0 atom stereocenters. The van der Waals surface area contributed by atoms with Gasteiger partial charge in [-0.2, -0.15) is 0 Å². The molecule has 4 heteroatoms. The molecule has 0 N–H and O–H groups in total. The Labute approximate surface area is 70.1 Å². The third-order valence-electron chi connectivity index (χ3n) is 1.60. The molecule has 0 saturated carbocycles. The van der Waals surface area contributed by atoms with E-state index in [1.807, 2.05) is 0 Å². The van der Waals surface area contributed by atoms with Gasteiger partial charge in [0.2, 0.25) is 0 Å². The molecule has 0 saturated heterocycles. The molecule has 0 bridgehead atoms. The Bertz CT molecular complexity index is 229. The maximum absolute atomic E-state index is 11.1. The second-order valence-electron chi connectivity index (χ2n) is 2.44. The smallest absolute Gasteiger partial charge is 0.379 e. The lowest BCUT2D eigenvalue weighted by atomic mass is 10.1. The number of carbonyl (C=O) groups excluding carboxylic acids is 2. The number of methoxy groups -OCH3 is 1. The van der Waals surface area contributed by atoms with E-state index in [9.17, 15) is 9.59 Å². The van der Waals surface area contributed by atoms with Crippen molar-refractivity contribution in [3.8, 4) is 0 Å². The van der Waals surface area contributed by atoms with E-state index in [0.29, 0.717) is 18.6 Å². The third kappa shape index (κ3) is 1.84. The Morgan fingerprint density at radius 1 is 1.58 bits per heavy atom. The van der Waals surface area contributed by atoms with Crippen molar-refractivity contribution in [1.29, 1.82) is 0 Å². The number of ether oxygens (including phenoxy) is 2.